The van der Waals surface area contributed by atoms with Crippen LogP contribution in [0.15, 0.2) is 34.9 Å². The molecule has 0 aliphatic carbocycles. The molecule has 0 amide bonds. The summed E-state index contributed by atoms with van der Waals surface area (Å²) in [5.41, 5.74) is 3.06. The second kappa shape index (κ2) is 6.75. The monoisotopic (exact) mass is 279 g/mol. The Kier molecular flexibility index (Phi) is 5.01. The van der Waals surface area contributed by atoms with Crippen LogP contribution in [0.25, 0.3) is 11.3 Å². The first-order chi connectivity index (χ1) is 9.19. The summed E-state index contributed by atoms with van der Waals surface area (Å²) in [6.45, 7) is 1.83. The Hall–Kier alpha value is -1.30. The first-order valence-corrected chi connectivity index (χ1v) is 7.24. The van der Waals surface area contributed by atoms with Crippen molar-refractivity contribution in [2.24, 2.45) is 0 Å². The van der Waals surface area contributed by atoms with E-state index in [1.807, 2.05) is 37.3 Å². The largest absolute Gasteiger partial charge is 0.394 e. The highest BCUT2D eigenvalue weighted by atomic mass is 32.2. The Morgan fingerprint density at radius 1 is 1.32 bits per heavy atom. The van der Waals surface area contributed by atoms with Gasteiger partial charge in [0.05, 0.1) is 18.5 Å². The second-order valence-electron chi connectivity index (χ2n) is 4.40. The molecule has 2 N–H and O–H groups in total. The van der Waals surface area contributed by atoms with Crippen molar-refractivity contribution in [3.8, 4) is 11.3 Å². The van der Waals surface area contributed by atoms with Crippen LogP contribution in [0.3, 0.4) is 0 Å². The molecular formula is C14H17NO3S. The molecule has 0 saturated carbocycles. The molecule has 19 heavy (non-hydrogen) atoms. The minimum Gasteiger partial charge on any atom is -0.394 e. The van der Waals surface area contributed by atoms with Gasteiger partial charge in [-0.1, -0.05) is 35.0 Å². The van der Waals surface area contributed by atoms with E-state index in [0.29, 0.717) is 11.5 Å². The van der Waals surface area contributed by atoms with Crippen molar-refractivity contribution >= 4 is 11.8 Å². The van der Waals surface area contributed by atoms with Gasteiger partial charge in [-0.2, -0.15) is 11.8 Å². The fourth-order valence-electron chi connectivity index (χ4n) is 1.59. The third-order valence-electron chi connectivity index (χ3n) is 2.67. The van der Waals surface area contributed by atoms with Gasteiger partial charge in [0.15, 0.2) is 0 Å². The van der Waals surface area contributed by atoms with Crippen molar-refractivity contribution in [1.82, 2.24) is 5.16 Å². The smallest absolute Gasteiger partial charge is 0.147 e. The van der Waals surface area contributed by atoms with Crippen molar-refractivity contribution in [2.45, 2.75) is 18.8 Å². The van der Waals surface area contributed by atoms with Gasteiger partial charge in [-0.3, -0.25) is 0 Å². The molecule has 4 nitrogen and oxygen atoms in total. The molecule has 2 aromatic rings. The van der Waals surface area contributed by atoms with E-state index in [1.54, 1.807) is 0 Å². The van der Waals surface area contributed by atoms with Gasteiger partial charge in [0.25, 0.3) is 0 Å². The Morgan fingerprint density at radius 3 is 2.74 bits per heavy atom. The fourth-order valence-corrected chi connectivity index (χ4v) is 2.42. The van der Waals surface area contributed by atoms with E-state index in [2.05, 4.69) is 5.16 Å². The quantitative estimate of drug-likeness (QED) is 0.849. The third-order valence-corrected chi connectivity index (χ3v) is 3.78. The molecule has 0 bridgehead atoms. The molecule has 1 aromatic heterocycles. The van der Waals surface area contributed by atoms with Crippen LogP contribution in [-0.4, -0.2) is 33.8 Å². The molecule has 2 rings (SSSR count). The van der Waals surface area contributed by atoms with E-state index in [0.717, 1.165) is 17.0 Å². The Balaban J connectivity index is 1.93. The highest BCUT2D eigenvalue weighted by molar-refractivity contribution is 7.98. The maximum atomic E-state index is 9.23. The fraction of sp³-hybridized carbons (Fsp3) is 0.357. The molecule has 0 saturated heterocycles. The third kappa shape index (κ3) is 4.09. The molecule has 1 atom stereocenters. The standard InChI is InChI=1S/C14H17NO3S/c1-10-2-4-11(5-3-10)14-6-13(18-15-14)9-19-8-12(17)7-16/h2-6,12,16-17H,7-9H2,1H3. The highest BCUT2D eigenvalue weighted by Crippen LogP contribution is 2.22. The van der Waals surface area contributed by atoms with Crippen molar-refractivity contribution in [1.29, 1.82) is 0 Å². The maximum absolute atomic E-state index is 9.23. The summed E-state index contributed by atoms with van der Waals surface area (Å²) in [6, 6.07) is 10.0. The first kappa shape index (κ1) is 14.1. The van der Waals surface area contributed by atoms with Gasteiger partial charge in [-0.25, -0.2) is 0 Å². The van der Waals surface area contributed by atoms with Crippen LogP contribution in [-0.2, 0) is 5.75 Å². The number of aryl methyl sites for hydroxylation is 1. The van der Waals surface area contributed by atoms with Gasteiger partial charge in [0.1, 0.15) is 11.5 Å². The average molecular weight is 279 g/mol. The lowest BCUT2D eigenvalue weighted by Crippen LogP contribution is -2.14. The van der Waals surface area contributed by atoms with E-state index in [9.17, 15) is 5.11 Å². The maximum Gasteiger partial charge on any atom is 0.147 e. The van der Waals surface area contributed by atoms with Crippen LogP contribution in [0.1, 0.15) is 11.3 Å². The molecule has 102 valence electrons. The van der Waals surface area contributed by atoms with Crippen LogP contribution in [0.5, 0.6) is 0 Å². The lowest BCUT2D eigenvalue weighted by Gasteiger charge is -2.04. The molecule has 0 fully saturated rings. The lowest BCUT2D eigenvalue weighted by molar-refractivity contribution is 0.113. The SMILES string of the molecule is Cc1ccc(-c2cc(CSCC(O)CO)on2)cc1. The number of rotatable bonds is 6. The highest BCUT2D eigenvalue weighted by Gasteiger charge is 2.08. The summed E-state index contributed by atoms with van der Waals surface area (Å²) in [5.74, 6) is 1.89. The van der Waals surface area contributed by atoms with Crippen molar-refractivity contribution in [3.05, 3.63) is 41.7 Å². The van der Waals surface area contributed by atoms with Crippen LogP contribution >= 0.6 is 11.8 Å². The first-order valence-electron chi connectivity index (χ1n) is 6.08. The number of nitrogens with zero attached hydrogens (tertiary/aromatic N) is 1. The predicted octanol–water partition coefficient (Wildman–Crippen LogP) is 2.24. The van der Waals surface area contributed by atoms with Gasteiger partial charge in [-0.15, -0.1) is 0 Å². The van der Waals surface area contributed by atoms with Crippen molar-refractivity contribution < 1.29 is 14.7 Å². The number of aromatic nitrogens is 1. The summed E-state index contributed by atoms with van der Waals surface area (Å²) in [6.07, 6.45) is -0.676. The number of thioether (sulfide) groups is 1. The molecule has 0 radical (unpaired) electrons. The van der Waals surface area contributed by atoms with Crippen LogP contribution in [0, 0.1) is 6.92 Å². The Morgan fingerprint density at radius 2 is 2.05 bits per heavy atom. The summed E-state index contributed by atoms with van der Waals surface area (Å²) in [7, 11) is 0. The van der Waals surface area contributed by atoms with Crippen molar-refractivity contribution in [2.75, 3.05) is 12.4 Å². The summed E-state index contributed by atoms with van der Waals surface area (Å²) < 4.78 is 5.25. The number of hydrogen-bond donors (Lipinski definition) is 2. The van der Waals surface area contributed by atoms with Gasteiger partial charge >= 0.3 is 0 Å². The van der Waals surface area contributed by atoms with E-state index in [4.69, 9.17) is 9.63 Å². The Bertz CT molecular complexity index is 510. The molecule has 1 aromatic carbocycles. The van der Waals surface area contributed by atoms with Gasteiger partial charge in [0.2, 0.25) is 0 Å². The molecule has 5 heteroatoms. The zero-order valence-corrected chi connectivity index (χ0v) is 11.6. The minimum atomic E-state index is -0.676. The molecule has 0 spiro atoms. The minimum absolute atomic E-state index is 0.210. The molecule has 1 unspecified atom stereocenters. The Labute approximate surface area is 116 Å². The van der Waals surface area contributed by atoms with E-state index < -0.39 is 6.10 Å². The van der Waals surface area contributed by atoms with Crippen LogP contribution in [0.2, 0.25) is 0 Å². The molecule has 1 heterocycles. The van der Waals surface area contributed by atoms with Crippen molar-refractivity contribution in [3.63, 3.8) is 0 Å². The second-order valence-corrected chi connectivity index (χ2v) is 5.43. The normalized spacial score (nSPS) is 12.6. The number of aliphatic hydroxyl groups excluding tert-OH is 2. The van der Waals surface area contributed by atoms with Gasteiger partial charge < -0.3 is 14.7 Å². The zero-order chi connectivity index (χ0) is 13.7. The molecule has 0 aliphatic heterocycles. The summed E-state index contributed by atoms with van der Waals surface area (Å²) in [5, 5.41) is 22.0. The van der Waals surface area contributed by atoms with Gasteiger partial charge in [-0.05, 0) is 6.92 Å². The number of hydrogen-bond acceptors (Lipinski definition) is 5. The zero-order valence-electron chi connectivity index (χ0n) is 10.7. The summed E-state index contributed by atoms with van der Waals surface area (Å²) >= 11 is 1.51. The number of aliphatic hydroxyl groups is 2. The molecule has 0 aliphatic rings. The topological polar surface area (TPSA) is 66.5 Å². The average Bonchev–Trinajstić information content (AvgIpc) is 2.88. The van der Waals surface area contributed by atoms with E-state index >= 15 is 0 Å². The van der Waals surface area contributed by atoms with Crippen LogP contribution in [0.4, 0.5) is 0 Å². The predicted molar refractivity (Wildman–Crippen MR) is 75.9 cm³/mol. The van der Waals surface area contributed by atoms with Crippen LogP contribution < -0.4 is 0 Å². The van der Waals surface area contributed by atoms with Gasteiger partial charge in [0, 0.05) is 17.4 Å². The van der Waals surface area contributed by atoms with E-state index in [-0.39, 0.29) is 6.61 Å². The lowest BCUT2D eigenvalue weighted by atomic mass is 10.1. The summed E-state index contributed by atoms with van der Waals surface area (Å²) in [4.78, 5) is 0. The number of benzene rings is 1. The molecular weight excluding hydrogens is 262 g/mol. The van der Waals surface area contributed by atoms with E-state index in [1.165, 1.54) is 17.3 Å².